The van der Waals surface area contributed by atoms with Gasteiger partial charge in [-0.25, -0.2) is 0 Å². The molecule has 0 fully saturated rings. The van der Waals surface area contributed by atoms with Gasteiger partial charge in [0.2, 0.25) is 0 Å². The fourth-order valence-electron chi connectivity index (χ4n) is 3.03. The predicted octanol–water partition coefficient (Wildman–Crippen LogP) is 5.48. The van der Waals surface area contributed by atoms with Crippen LogP contribution in [0.25, 0.3) is 0 Å². The van der Waals surface area contributed by atoms with Crippen molar-refractivity contribution in [3.05, 3.63) is 92.4 Å². The van der Waals surface area contributed by atoms with Crippen LogP contribution in [0.3, 0.4) is 0 Å². The van der Waals surface area contributed by atoms with Gasteiger partial charge in [-0.05, 0) is 61.0 Å². The van der Waals surface area contributed by atoms with Crippen molar-refractivity contribution in [2.45, 2.75) is 13.1 Å². The highest BCUT2D eigenvalue weighted by Gasteiger charge is 2.21. The molecule has 3 aromatic rings. The number of carbonyl (C=O) groups excluding carboxylic acids is 2. The van der Waals surface area contributed by atoms with Crippen molar-refractivity contribution in [3.63, 3.8) is 0 Å². The van der Waals surface area contributed by atoms with Gasteiger partial charge in [-0.15, -0.1) is 0 Å². The number of methoxy groups -OCH3 is 1. The van der Waals surface area contributed by atoms with E-state index >= 15 is 0 Å². The van der Waals surface area contributed by atoms with Crippen LogP contribution in [0.5, 0.6) is 11.5 Å². The molecule has 0 aliphatic rings. The molecule has 0 atom stereocenters. The van der Waals surface area contributed by atoms with Gasteiger partial charge in [0.05, 0.1) is 13.7 Å². The van der Waals surface area contributed by atoms with E-state index in [0.29, 0.717) is 34.8 Å². The Balaban J connectivity index is 1.93. The van der Waals surface area contributed by atoms with Gasteiger partial charge < -0.3 is 20.1 Å². The van der Waals surface area contributed by atoms with Crippen molar-refractivity contribution in [2.24, 2.45) is 0 Å². The summed E-state index contributed by atoms with van der Waals surface area (Å²) in [6.07, 6.45) is -0.808. The van der Waals surface area contributed by atoms with Crippen molar-refractivity contribution in [1.29, 1.82) is 0 Å². The normalized spacial score (nSPS) is 10.5. The molecule has 3 aromatic carbocycles. The number of benzene rings is 3. The molecule has 2 amide bonds. The zero-order chi connectivity index (χ0) is 23.1. The minimum absolute atomic E-state index is 0.335. The Bertz CT molecular complexity index is 1060. The van der Waals surface area contributed by atoms with Crippen LogP contribution in [0.1, 0.15) is 39.4 Å². The van der Waals surface area contributed by atoms with E-state index in [1.54, 1.807) is 54.6 Å². The first-order chi connectivity index (χ1) is 15.4. The van der Waals surface area contributed by atoms with E-state index in [1.165, 1.54) is 7.11 Å². The number of halogens is 2. The van der Waals surface area contributed by atoms with Crippen LogP contribution < -0.4 is 20.1 Å². The highest BCUT2D eigenvalue weighted by atomic mass is 79.9. The van der Waals surface area contributed by atoms with Gasteiger partial charge in [-0.1, -0.05) is 50.1 Å². The molecule has 0 aliphatic heterocycles. The van der Waals surface area contributed by atoms with Crippen LogP contribution in [-0.4, -0.2) is 25.5 Å². The second-order valence-electron chi connectivity index (χ2n) is 6.74. The van der Waals surface area contributed by atoms with Gasteiger partial charge >= 0.3 is 0 Å². The molecule has 0 aromatic heterocycles. The maximum atomic E-state index is 12.9. The molecule has 0 spiro atoms. The van der Waals surface area contributed by atoms with E-state index in [0.717, 1.165) is 8.95 Å². The van der Waals surface area contributed by atoms with E-state index in [2.05, 4.69) is 42.5 Å². The SMILES string of the molecule is CCOc1ccc(C(NC(=O)c2cccc(Br)c2)NC(=O)c2cccc(Br)c2)cc1OC. The first-order valence-electron chi connectivity index (χ1n) is 9.85. The summed E-state index contributed by atoms with van der Waals surface area (Å²) in [5, 5.41) is 5.79. The van der Waals surface area contributed by atoms with Gasteiger partial charge in [0.1, 0.15) is 6.17 Å². The smallest absolute Gasteiger partial charge is 0.253 e. The van der Waals surface area contributed by atoms with Gasteiger partial charge in [0.15, 0.2) is 11.5 Å². The van der Waals surface area contributed by atoms with Gasteiger partial charge in [0.25, 0.3) is 11.8 Å². The monoisotopic (exact) mass is 560 g/mol. The van der Waals surface area contributed by atoms with Crippen LogP contribution in [0, 0.1) is 0 Å². The largest absolute Gasteiger partial charge is 0.493 e. The Morgan fingerprint density at radius 3 is 1.88 bits per heavy atom. The molecule has 0 unspecified atom stereocenters. The number of ether oxygens (including phenoxy) is 2. The summed E-state index contributed by atoms with van der Waals surface area (Å²) in [7, 11) is 1.54. The predicted molar refractivity (Wildman–Crippen MR) is 130 cm³/mol. The van der Waals surface area contributed by atoms with Gasteiger partial charge in [-0.3, -0.25) is 9.59 Å². The Kier molecular flexibility index (Phi) is 8.30. The number of carbonyl (C=O) groups is 2. The third kappa shape index (κ3) is 6.11. The molecule has 3 rings (SSSR count). The van der Waals surface area contributed by atoms with E-state index < -0.39 is 6.17 Å². The third-order valence-corrected chi connectivity index (χ3v) is 5.53. The first kappa shape index (κ1) is 23.8. The summed E-state index contributed by atoms with van der Waals surface area (Å²) in [4.78, 5) is 25.9. The lowest BCUT2D eigenvalue weighted by Gasteiger charge is -2.22. The fourth-order valence-corrected chi connectivity index (χ4v) is 3.83. The molecule has 32 heavy (non-hydrogen) atoms. The number of rotatable bonds is 8. The van der Waals surface area contributed by atoms with Crippen LogP contribution >= 0.6 is 31.9 Å². The van der Waals surface area contributed by atoms with Crippen molar-refractivity contribution in [2.75, 3.05) is 13.7 Å². The van der Waals surface area contributed by atoms with Crippen LogP contribution in [-0.2, 0) is 0 Å². The third-order valence-electron chi connectivity index (χ3n) is 4.55. The number of hydrogen-bond acceptors (Lipinski definition) is 4. The highest BCUT2D eigenvalue weighted by molar-refractivity contribution is 9.10. The summed E-state index contributed by atoms with van der Waals surface area (Å²) in [6, 6.07) is 19.3. The topological polar surface area (TPSA) is 76.7 Å². The summed E-state index contributed by atoms with van der Waals surface area (Å²) in [5.41, 5.74) is 1.55. The van der Waals surface area contributed by atoms with E-state index in [1.807, 2.05) is 19.1 Å². The maximum Gasteiger partial charge on any atom is 0.253 e. The molecule has 166 valence electrons. The Labute approximate surface area is 203 Å². The van der Waals surface area contributed by atoms with Crippen molar-refractivity contribution in [1.82, 2.24) is 10.6 Å². The highest BCUT2D eigenvalue weighted by Crippen LogP contribution is 2.30. The summed E-state index contributed by atoms with van der Waals surface area (Å²) in [6.45, 7) is 2.37. The Morgan fingerprint density at radius 1 is 0.844 bits per heavy atom. The molecule has 0 saturated carbocycles. The number of hydrogen-bond donors (Lipinski definition) is 2. The lowest BCUT2D eigenvalue weighted by atomic mass is 10.1. The molecule has 0 saturated heterocycles. The molecule has 0 radical (unpaired) electrons. The standard InChI is InChI=1S/C24H22Br2N2O4/c1-3-32-20-11-10-15(14-21(20)31-2)22(27-23(29)16-6-4-8-18(25)12-16)28-24(30)17-7-5-9-19(26)13-17/h4-14,22H,3H2,1-2H3,(H,27,29)(H,28,30). The van der Waals surface area contributed by atoms with E-state index in [4.69, 9.17) is 9.47 Å². The number of amides is 2. The van der Waals surface area contributed by atoms with Gasteiger partial charge in [0, 0.05) is 20.1 Å². The van der Waals surface area contributed by atoms with Crippen LogP contribution in [0.2, 0.25) is 0 Å². The molecule has 0 bridgehead atoms. The van der Waals surface area contributed by atoms with E-state index in [9.17, 15) is 9.59 Å². The number of nitrogens with one attached hydrogen (secondary N) is 2. The summed E-state index contributed by atoms with van der Waals surface area (Å²) in [5.74, 6) is 0.411. The Hall–Kier alpha value is -2.84. The minimum atomic E-state index is -0.808. The molecular formula is C24H22Br2N2O4. The second kappa shape index (κ2) is 11.2. The van der Waals surface area contributed by atoms with Crippen molar-refractivity contribution >= 4 is 43.7 Å². The van der Waals surface area contributed by atoms with Crippen LogP contribution in [0.15, 0.2) is 75.7 Å². The molecular weight excluding hydrogens is 540 g/mol. The molecule has 0 aliphatic carbocycles. The maximum absolute atomic E-state index is 12.9. The second-order valence-corrected chi connectivity index (χ2v) is 8.58. The average Bonchev–Trinajstić information content (AvgIpc) is 2.79. The lowest BCUT2D eigenvalue weighted by Crippen LogP contribution is -2.41. The van der Waals surface area contributed by atoms with E-state index in [-0.39, 0.29) is 11.8 Å². The first-order valence-corrected chi connectivity index (χ1v) is 11.4. The average molecular weight is 562 g/mol. The van der Waals surface area contributed by atoms with Crippen molar-refractivity contribution in [3.8, 4) is 11.5 Å². The molecule has 6 nitrogen and oxygen atoms in total. The summed E-state index contributed by atoms with van der Waals surface area (Å²) >= 11 is 6.75. The van der Waals surface area contributed by atoms with Gasteiger partial charge in [-0.2, -0.15) is 0 Å². The fraction of sp³-hybridized carbons (Fsp3) is 0.167. The minimum Gasteiger partial charge on any atom is -0.493 e. The van der Waals surface area contributed by atoms with Crippen LogP contribution in [0.4, 0.5) is 0 Å². The van der Waals surface area contributed by atoms with Crippen molar-refractivity contribution < 1.29 is 19.1 Å². The molecule has 2 N–H and O–H groups in total. The molecule has 0 heterocycles. The zero-order valence-electron chi connectivity index (χ0n) is 17.5. The zero-order valence-corrected chi connectivity index (χ0v) is 20.7. The summed E-state index contributed by atoms with van der Waals surface area (Å²) < 4.78 is 12.6. The molecule has 8 heteroatoms. The Morgan fingerprint density at radius 2 is 1.41 bits per heavy atom. The lowest BCUT2D eigenvalue weighted by molar-refractivity contribution is 0.0883. The quantitative estimate of drug-likeness (QED) is 0.357.